The van der Waals surface area contributed by atoms with E-state index in [1.807, 2.05) is 0 Å². The van der Waals surface area contributed by atoms with Crippen molar-refractivity contribution in [3.63, 3.8) is 0 Å². The lowest BCUT2D eigenvalue weighted by Gasteiger charge is -2.30. The number of ether oxygens (including phenoxy) is 2. The van der Waals surface area contributed by atoms with Gasteiger partial charge in [-0.1, -0.05) is 44.9 Å². The van der Waals surface area contributed by atoms with Crippen LogP contribution >= 0.6 is 0 Å². The first-order valence-electron chi connectivity index (χ1n) is 12.0. The highest BCUT2D eigenvalue weighted by Gasteiger charge is 2.24. The maximum absolute atomic E-state index is 9.46. The van der Waals surface area contributed by atoms with Crippen molar-refractivity contribution in [2.45, 2.75) is 77.6 Å². The summed E-state index contributed by atoms with van der Waals surface area (Å²) in [5.41, 5.74) is 2.03. The number of aliphatic hydroxyl groups is 1. The first kappa shape index (κ1) is 27.4. The molecule has 176 valence electrons. The summed E-state index contributed by atoms with van der Waals surface area (Å²) in [6.07, 6.45) is 11.8. The Morgan fingerprint density at radius 1 is 1.16 bits per heavy atom. The third kappa shape index (κ3) is 12.1. The molecule has 1 atom stereocenters. The van der Waals surface area contributed by atoms with Crippen LogP contribution in [-0.2, 0) is 9.53 Å². The van der Waals surface area contributed by atoms with Crippen molar-refractivity contribution >= 4 is 6.29 Å². The van der Waals surface area contributed by atoms with E-state index in [4.69, 9.17) is 9.47 Å². The van der Waals surface area contributed by atoms with Crippen LogP contribution in [0.2, 0.25) is 0 Å². The van der Waals surface area contributed by atoms with E-state index in [9.17, 15) is 9.90 Å². The standard InChI is InChI=1S/C23H38O3.C4H6O/c1-3-4-5-6-15-26-23-13-11-22(12-14-23)21-9-7-19(8-10-21)16-20(17-24)18-25-2;1-4(2)3-5/h11-14,19-21,24H,3-10,15-18H2,1-2H3;3H,1H2,2H3. The van der Waals surface area contributed by atoms with E-state index in [0.717, 1.165) is 37.4 Å². The van der Waals surface area contributed by atoms with E-state index >= 15 is 0 Å². The van der Waals surface area contributed by atoms with Crippen LogP contribution in [0.3, 0.4) is 0 Å². The fraction of sp³-hybridized carbons (Fsp3) is 0.667. The third-order valence-corrected chi connectivity index (χ3v) is 5.99. The van der Waals surface area contributed by atoms with E-state index in [0.29, 0.717) is 24.0 Å². The molecule has 1 N–H and O–H groups in total. The van der Waals surface area contributed by atoms with Crippen LogP contribution in [0.4, 0.5) is 0 Å². The average Bonchev–Trinajstić information content (AvgIpc) is 2.80. The van der Waals surface area contributed by atoms with Gasteiger partial charge in [0.1, 0.15) is 12.0 Å². The van der Waals surface area contributed by atoms with Crippen molar-refractivity contribution in [2.24, 2.45) is 11.8 Å². The Labute approximate surface area is 190 Å². The molecule has 0 heterocycles. The van der Waals surface area contributed by atoms with Gasteiger partial charge in [-0.2, -0.15) is 0 Å². The van der Waals surface area contributed by atoms with E-state index in [2.05, 4.69) is 37.8 Å². The van der Waals surface area contributed by atoms with Gasteiger partial charge < -0.3 is 14.6 Å². The Kier molecular flexibility index (Phi) is 15.0. The minimum atomic E-state index is 0.244. The molecule has 1 fully saturated rings. The molecule has 1 saturated carbocycles. The summed E-state index contributed by atoms with van der Waals surface area (Å²) in [5, 5.41) is 9.46. The zero-order valence-corrected chi connectivity index (χ0v) is 20.0. The number of hydrogen-bond acceptors (Lipinski definition) is 4. The monoisotopic (exact) mass is 432 g/mol. The third-order valence-electron chi connectivity index (χ3n) is 5.99. The van der Waals surface area contributed by atoms with E-state index in [1.165, 1.54) is 50.5 Å². The van der Waals surface area contributed by atoms with Gasteiger partial charge in [0.15, 0.2) is 0 Å². The summed E-state index contributed by atoms with van der Waals surface area (Å²) in [5.74, 6) is 2.73. The van der Waals surface area contributed by atoms with Crippen LogP contribution in [0, 0.1) is 11.8 Å². The smallest absolute Gasteiger partial charge is 0.145 e. The van der Waals surface area contributed by atoms with Gasteiger partial charge in [0.2, 0.25) is 0 Å². The number of allylic oxidation sites excluding steroid dienone is 1. The Morgan fingerprint density at radius 3 is 2.32 bits per heavy atom. The molecule has 4 nitrogen and oxygen atoms in total. The molecule has 2 rings (SSSR count). The molecular formula is C27H44O4. The number of rotatable bonds is 13. The largest absolute Gasteiger partial charge is 0.494 e. The second-order valence-corrected chi connectivity index (χ2v) is 8.90. The van der Waals surface area contributed by atoms with Crippen LogP contribution < -0.4 is 4.74 Å². The van der Waals surface area contributed by atoms with Crippen LogP contribution in [0.25, 0.3) is 0 Å². The molecule has 0 saturated heterocycles. The van der Waals surface area contributed by atoms with Crippen molar-refractivity contribution in [1.82, 2.24) is 0 Å². The van der Waals surface area contributed by atoms with Gasteiger partial charge in [-0.05, 0) is 80.6 Å². The molecule has 1 aliphatic rings. The Hall–Kier alpha value is -1.65. The maximum Gasteiger partial charge on any atom is 0.145 e. The van der Waals surface area contributed by atoms with Crippen molar-refractivity contribution < 1.29 is 19.4 Å². The lowest BCUT2D eigenvalue weighted by molar-refractivity contribution is -0.104. The summed E-state index contributed by atoms with van der Waals surface area (Å²) >= 11 is 0. The summed E-state index contributed by atoms with van der Waals surface area (Å²) in [7, 11) is 1.72. The van der Waals surface area contributed by atoms with Crippen molar-refractivity contribution in [2.75, 3.05) is 26.9 Å². The van der Waals surface area contributed by atoms with Gasteiger partial charge in [-0.15, -0.1) is 0 Å². The molecule has 31 heavy (non-hydrogen) atoms. The summed E-state index contributed by atoms with van der Waals surface area (Å²) in [6, 6.07) is 8.80. The minimum absolute atomic E-state index is 0.244. The fourth-order valence-corrected chi connectivity index (χ4v) is 4.19. The van der Waals surface area contributed by atoms with Crippen LogP contribution in [0.5, 0.6) is 5.75 Å². The van der Waals surface area contributed by atoms with Crippen molar-refractivity contribution in [3.8, 4) is 5.75 Å². The molecule has 1 aliphatic carbocycles. The topological polar surface area (TPSA) is 55.8 Å². The highest BCUT2D eigenvalue weighted by molar-refractivity contribution is 5.70. The molecule has 1 aromatic rings. The van der Waals surface area contributed by atoms with Crippen molar-refractivity contribution in [1.29, 1.82) is 0 Å². The summed E-state index contributed by atoms with van der Waals surface area (Å²) < 4.78 is 11.1. The number of hydrogen-bond donors (Lipinski definition) is 1. The maximum atomic E-state index is 9.46. The van der Waals surface area contributed by atoms with Crippen LogP contribution in [0.1, 0.15) is 83.1 Å². The molecule has 0 radical (unpaired) electrons. The predicted molar refractivity (Wildman–Crippen MR) is 129 cm³/mol. The summed E-state index contributed by atoms with van der Waals surface area (Å²) in [6.45, 7) is 8.95. The molecule has 0 spiro atoms. The fourth-order valence-electron chi connectivity index (χ4n) is 4.19. The quantitative estimate of drug-likeness (QED) is 0.225. The number of methoxy groups -OCH3 is 1. The lowest BCUT2D eigenvalue weighted by Crippen LogP contribution is -2.21. The van der Waals surface area contributed by atoms with Gasteiger partial charge in [0.25, 0.3) is 0 Å². The Bertz CT molecular complexity index is 588. The number of carbonyl (C=O) groups excluding carboxylic acids is 1. The first-order valence-corrected chi connectivity index (χ1v) is 12.0. The van der Waals surface area contributed by atoms with Crippen LogP contribution in [-0.4, -0.2) is 38.3 Å². The minimum Gasteiger partial charge on any atom is -0.494 e. The Morgan fingerprint density at radius 2 is 1.81 bits per heavy atom. The number of aliphatic hydroxyl groups excluding tert-OH is 1. The van der Waals surface area contributed by atoms with Crippen LogP contribution in [0.15, 0.2) is 36.4 Å². The Balaban J connectivity index is 0.000000861. The molecule has 4 heteroatoms. The summed E-state index contributed by atoms with van der Waals surface area (Å²) in [4.78, 5) is 9.41. The van der Waals surface area contributed by atoms with Gasteiger partial charge in [-0.25, -0.2) is 0 Å². The normalized spacial score (nSPS) is 19.1. The average molecular weight is 433 g/mol. The molecule has 1 aromatic carbocycles. The molecule has 0 bridgehead atoms. The molecule has 0 aromatic heterocycles. The number of unbranched alkanes of at least 4 members (excludes halogenated alkanes) is 3. The lowest BCUT2D eigenvalue weighted by atomic mass is 9.76. The number of carbonyl (C=O) groups is 1. The van der Waals surface area contributed by atoms with E-state index in [-0.39, 0.29) is 6.61 Å². The first-order chi connectivity index (χ1) is 15.0. The number of benzene rings is 1. The second kappa shape index (κ2) is 17.0. The molecule has 0 amide bonds. The van der Waals surface area contributed by atoms with Gasteiger partial charge in [0, 0.05) is 19.6 Å². The zero-order valence-electron chi connectivity index (χ0n) is 20.0. The zero-order chi connectivity index (χ0) is 22.9. The molecular weight excluding hydrogens is 388 g/mol. The highest BCUT2D eigenvalue weighted by Crippen LogP contribution is 2.38. The van der Waals surface area contributed by atoms with Gasteiger partial charge in [0.05, 0.1) is 13.2 Å². The van der Waals surface area contributed by atoms with Crippen molar-refractivity contribution in [3.05, 3.63) is 42.0 Å². The second-order valence-electron chi connectivity index (χ2n) is 8.90. The van der Waals surface area contributed by atoms with Gasteiger partial charge in [-0.3, -0.25) is 4.79 Å². The highest BCUT2D eigenvalue weighted by atomic mass is 16.5. The van der Waals surface area contributed by atoms with E-state index < -0.39 is 0 Å². The molecule has 1 unspecified atom stereocenters. The molecule has 0 aliphatic heterocycles. The SMILES string of the molecule is C=C(C)C=O.CCCCCCOc1ccc(C2CCC(CC(CO)COC)CC2)cc1. The number of aldehydes is 1. The van der Waals surface area contributed by atoms with E-state index in [1.54, 1.807) is 14.0 Å². The van der Waals surface area contributed by atoms with Gasteiger partial charge >= 0.3 is 0 Å². The predicted octanol–water partition coefficient (Wildman–Crippen LogP) is 6.33.